The number of hydrogen-bond donors (Lipinski definition) is 2. The molecule has 0 aliphatic rings. The number of carbonyl (C=O) groups excluding carboxylic acids is 2. The van der Waals surface area contributed by atoms with E-state index in [0.717, 1.165) is 24.1 Å². The average Bonchev–Trinajstić information content (AvgIpc) is 2.66. The maximum atomic E-state index is 12.6. The maximum Gasteiger partial charge on any atom is 0.416 e. The molecule has 1 atom stereocenters. The van der Waals surface area contributed by atoms with Crippen molar-refractivity contribution in [2.45, 2.75) is 51.7 Å². The molecule has 0 spiro atoms. The average molecular weight is 406 g/mol. The lowest BCUT2D eigenvalue weighted by Gasteiger charge is -2.14. The Hall–Kier alpha value is -2.83. The zero-order chi connectivity index (χ0) is 21.4. The van der Waals surface area contributed by atoms with Crippen molar-refractivity contribution < 1.29 is 22.8 Å². The van der Waals surface area contributed by atoms with Crippen LogP contribution in [0.4, 0.5) is 18.9 Å². The maximum absolute atomic E-state index is 12.6. The van der Waals surface area contributed by atoms with Crippen molar-refractivity contribution in [3.8, 4) is 0 Å². The lowest BCUT2D eigenvalue weighted by atomic mass is 9.96. The summed E-state index contributed by atoms with van der Waals surface area (Å²) in [4.78, 5) is 23.9. The van der Waals surface area contributed by atoms with Crippen LogP contribution in [0.5, 0.6) is 0 Å². The molecule has 0 radical (unpaired) electrons. The van der Waals surface area contributed by atoms with Gasteiger partial charge in [-0.15, -0.1) is 0 Å². The van der Waals surface area contributed by atoms with E-state index in [9.17, 15) is 22.8 Å². The Kier molecular flexibility index (Phi) is 7.82. The largest absolute Gasteiger partial charge is 0.416 e. The van der Waals surface area contributed by atoms with Gasteiger partial charge in [0.05, 0.1) is 5.56 Å². The van der Waals surface area contributed by atoms with Gasteiger partial charge in [0.15, 0.2) is 0 Å². The number of rotatable bonds is 8. The molecule has 0 aliphatic carbocycles. The van der Waals surface area contributed by atoms with E-state index in [1.54, 1.807) is 25.1 Å². The smallest absolute Gasteiger partial charge is 0.352 e. The quantitative estimate of drug-likeness (QED) is 0.629. The minimum absolute atomic E-state index is 0.0564. The molecule has 2 rings (SSSR count). The normalized spacial score (nSPS) is 12.3. The Balaban J connectivity index is 1.87. The standard InChI is InChI=1S/C22H25F3N2O2/c1-3-5-20(28)27-19-7-4-6-16(13-19)14-26-21(29)12-15(2)17-8-10-18(11-9-17)22(23,24)25/h4,6-11,13,15H,3,5,12,14H2,1-2H3,(H,26,29)(H,27,28). The van der Waals surface area contributed by atoms with E-state index >= 15 is 0 Å². The molecule has 0 bridgehead atoms. The second kappa shape index (κ2) is 10.1. The minimum Gasteiger partial charge on any atom is -0.352 e. The molecule has 0 saturated heterocycles. The fraction of sp³-hybridized carbons (Fsp3) is 0.364. The van der Waals surface area contributed by atoms with Crippen molar-refractivity contribution in [3.63, 3.8) is 0 Å². The second-order valence-electron chi connectivity index (χ2n) is 7.00. The lowest BCUT2D eigenvalue weighted by molar-refractivity contribution is -0.137. The molecule has 0 fully saturated rings. The first kappa shape index (κ1) is 22.5. The molecular formula is C22H25F3N2O2. The predicted molar refractivity (Wildman–Crippen MR) is 106 cm³/mol. The van der Waals surface area contributed by atoms with Gasteiger partial charge in [-0.25, -0.2) is 0 Å². The summed E-state index contributed by atoms with van der Waals surface area (Å²) in [6.07, 6.45) is -3.00. The monoisotopic (exact) mass is 406 g/mol. The first-order valence-corrected chi connectivity index (χ1v) is 9.51. The molecule has 1 unspecified atom stereocenters. The number of hydrogen-bond acceptors (Lipinski definition) is 2. The molecule has 0 aromatic heterocycles. The molecule has 4 nitrogen and oxygen atoms in total. The molecule has 0 aliphatic heterocycles. The number of alkyl halides is 3. The van der Waals surface area contributed by atoms with E-state index in [2.05, 4.69) is 10.6 Å². The van der Waals surface area contributed by atoms with Crippen molar-refractivity contribution >= 4 is 17.5 Å². The molecule has 2 N–H and O–H groups in total. The first-order valence-electron chi connectivity index (χ1n) is 9.51. The van der Waals surface area contributed by atoms with E-state index in [1.165, 1.54) is 12.1 Å². The highest BCUT2D eigenvalue weighted by Crippen LogP contribution is 2.30. The number of anilines is 1. The van der Waals surface area contributed by atoms with E-state index < -0.39 is 11.7 Å². The second-order valence-corrected chi connectivity index (χ2v) is 7.00. The van der Waals surface area contributed by atoms with Gasteiger partial charge in [0, 0.05) is 25.1 Å². The summed E-state index contributed by atoms with van der Waals surface area (Å²) in [6, 6.07) is 12.1. The van der Waals surface area contributed by atoms with Crippen molar-refractivity contribution in [1.29, 1.82) is 0 Å². The SMILES string of the molecule is CCCC(=O)Nc1cccc(CNC(=O)CC(C)c2ccc(C(F)(F)F)cc2)c1. The van der Waals surface area contributed by atoms with Crippen LogP contribution >= 0.6 is 0 Å². The van der Waals surface area contributed by atoms with Crippen LogP contribution in [0.15, 0.2) is 48.5 Å². The predicted octanol–water partition coefficient (Wildman–Crippen LogP) is 5.25. The summed E-state index contributed by atoms with van der Waals surface area (Å²) in [7, 11) is 0. The fourth-order valence-corrected chi connectivity index (χ4v) is 2.88. The fourth-order valence-electron chi connectivity index (χ4n) is 2.88. The number of halogens is 3. The summed E-state index contributed by atoms with van der Waals surface area (Å²) >= 11 is 0. The van der Waals surface area contributed by atoms with Crippen LogP contribution in [0.3, 0.4) is 0 Å². The zero-order valence-corrected chi connectivity index (χ0v) is 16.5. The highest BCUT2D eigenvalue weighted by atomic mass is 19.4. The van der Waals surface area contributed by atoms with Crippen LogP contribution in [0.25, 0.3) is 0 Å². The van der Waals surface area contributed by atoms with Crippen molar-refractivity contribution in [3.05, 3.63) is 65.2 Å². The van der Waals surface area contributed by atoms with E-state index in [0.29, 0.717) is 24.2 Å². The number of benzene rings is 2. The van der Waals surface area contributed by atoms with Crippen LogP contribution in [-0.4, -0.2) is 11.8 Å². The van der Waals surface area contributed by atoms with Crippen LogP contribution in [-0.2, 0) is 22.3 Å². The Morgan fingerprint density at radius 3 is 2.34 bits per heavy atom. The van der Waals surface area contributed by atoms with Gasteiger partial charge in [-0.1, -0.05) is 38.1 Å². The zero-order valence-electron chi connectivity index (χ0n) is 16.5. The van der Waals surface area contributed by atoms with Crippen molar-refractivity contribution in [2.75, 3.05) is 5.32 Å². The third kappa shape index (κ3) is 7.25. The molecular weight excluding hydrogens is 381 g/mol. The van der Waals surface area contributed by atoms with Gasteiger partial charge in [0.1, 0.15) is 0 Å². The molecule has 2 aromatic carbocycles. The van der Waals surface area contributed by atoms with Gasteiger partial charge in [-0.05, 0) is 47.7 Å². The summed E-state index contributed by atoms with van der Waals surface area (Å²) in [5.41, 5.74) is 1.49. The summed E-state index contributed by atoms with van der Waals surface area (Å²) < 4.78 is 37.9. The summed E-state index contributed by atoms with van der Waals surface area (Å²) in [6.45, 7) is 4.03. The Morgan fingerprint density at radius 2 is 1.72 bits per heavy atom. The van der Waals surface area contributed by atoms with E-state index in [-0.39, 0.29) is 24.2 Å². The van der Waals surface area contributed by atoms with Gasteiger partial charge in [-0.2, -0.15) is 13.2 Å². The van der Waals surface area contributed by atoms with Gasteiger partial charge in [-0.3, -0.25) is 9.59 Å². The van der Waals surface area contributed by atoms with Crippen molar-refractivity contribution in [1.82, 2.24) is 5.32 Å². The molecule has 7 heteroatoms. The van der Waals surface area contributed by atoms with Gasteiger partial charge in [0.25, 0.3) is 0 Å². The number of carbonyl (C=O) groups is 2. The van der Waals surface area contributed by atoms with E-state index in [4.69, 9.17) is 0 Å². The van der Waals surface area contributed by atoms with E-state index in [1.807, 2.05) is 13.0 Å². The number of amides is 2. The summed E-state index contributed by atoms with van der Waals surface area (Å²) in [5, 5.41) is 5.62. The Labute approximate surface area is 168 Å². The molecule has 2 amide bonds. The molecule has 2 aromatic rings. The lowest BCUT2D eigenvalue weighted by Crippen LogP contribution is -2.24. The van der Waals surface area contributed by atoms with Crippen LogP contribution < -0.4 is 10.6 Å². The molecule has 156 valence electrons. The van der Waals surface area contributed by atoms with Gasteiger partial charge >= 0.3 is 6.18 Å². The van der Waals surface area contributed by atoms with Gasteiger partial charge < -0.3 is 10.6 Å². The Bertz CT molecular complexity index is 833. The highest BCUT2D eigenvalue weighted by Gasteiger charge is 2.30. The van der Waals surface area contributed by atoms with Gasteiger partial charge in [0.2, 0.25) is 11.8 Å². The molecule has 0 heterocycles. The summed E-state index contributed by atoms with van der Waals surface area (Å²) in [5.74, 6) is -0.464. The van der Waals surface area contributed by atoms with Crippen LogP contribution in [0, 0.1) is 0 Å². The minimum atomic E-state index is -4.37. The topological polar surface area (TPSA) is 58.2 Å². The molecule has 0 saturated carbocycles. The number of nitrogens with one attached hydrogen (secondary N) is 2. The van der Waals surface area contributed by atoms with Crippen LogP contribution in [0.1, 0.15) is 55.7 Å². The third-order valence-corrected chi connectivity index (χ3v) is 4.48. The third-order valence-electron chi connectivity index (χ3n) is 4.48. The Morgan fingerprint density at radius 1 is 1.03 bits per heavy atom. The molecule has 29 heavy (non-hydrogen) atoms. The van der Waals surface area contributed by atoms with Crippen molar-refractivity contribution in [2.24, 2.45) is 0 Å². The first-order chi connectivity index (χ1) is 13.7. The highest BCUT2D eigenvalue weighted by molar-refractivity contribution is 5.90. The van der Waals surface area contributed by atoms with Crippen LogP contribution in [0.2, 0.25) is 0 Å².